The van der Waals surface area contributed by atoms with Gasteiger partial charge in [0.05, 0.1) is 30.5 Å². The number of aromatic nitrogens is 1. The highest BCUT2D eigenvalue weighted by Crippen LogP contribution is 2.29. The Morgan fingerprint density at radius 1 is 1.12 bits per heavy atom. The van der Waals surface area contributed by atoms with Crippen LogP contribution in [0.2, 0.25) is 0 Å². The predicted molar refractivity (Wildman–Crippen MR) is 120 cm³/mol. The Hall–Kier alpha value is -3.59. The number of fused-ring (bicyclic) bond motifs is 2. The van der Waals surface area contributed by atoms with E-state index in [-0.39, 0.29) is 18.9 Å². The average Bonchev–Trinajstić information content (AvgIpc) is 3.35. The Bertz CT molecular complexity index is 1360. The first kappa shape index (κ1) is 21.6. The van der Waals surface area contributed by atoms with Crippen LogP contribution in [0.3, 0.4) is 0 Å². The van der Waals surface area contributed by atoms with Crippen molar-refractivity contribution in [2.45, 2.75) is 20.4 Å². The Morgan fingerprint density at radius 2 is 1.97 bits per heavy atom. The lowest BCUT2D eigenvalue weighted by Gasteiger charge is -2.06. The number of esters is 1. The fourth-order valence-corrected chi connectivity index (χ4v) is 4.38. The molecule has 2 heterocycles. The zero-order chi connectivity index (χ0) is 22.7. The molecule has 0 unspecified atom stereocenters. The first-order valence-electron chi connectivity index (χ1n) is 10.1. The van der Waals surface area contributed by atoms with Gasteiger partial charge in [-0.05, 0) is 44.2 Å². The van der Waals surface area contributed by atoms with Crippen molar-refractivity contribution in [3.8, 4) is 11.5 Å². The minimum absolute atomic E-state index is 0.0676. The Morgan fingerprint density at radius 3 is 2.72 bits per heavy atom. The molecule has 0 saturated heterocycles. The smallest absolute Gasteiger partial charge is 0.326 e. The van der Waals surface area contributed by atoms with Crippen molar-refractivity contribution in [3.05, 3.63) is 53.0 Å². The molecule has 0 fully saturated rings. The van der Waals surface area contributed by atoms with E-state index in [9.17, 15) is 9.59 Å². The summed E-state index contributed by atoms with van der Waals surface area (Å²) < 4.78 is 24.2. The maximum Gasteiger partial charge on any atom is 0.326 e. The second-order valence-corrected chi connectivity index (χ2v) is 7.75. The molecule has 0 aliphatic heterocycles. The summed E-state index contributed by atoms with van der Waals surface area (Å²) in [7, 11) is 1.54. The predicted octanol–water partition coefficient (Wildman–Crippen LogP) is 4.16. The quantitative estimate of drug-likeness (QED) is 0.389. The van der Waals surface area contributed by atoms with Crippen LogP contribution in [0.1, 0.15) is 24.4 Å². The van der Waals surface area contributed by atoms with E-state index >= 15 is 0 Å². The number of para-hydroxylation sites is 1. The highest BCUT2D eigenvalue weighted by atomic mass is 32.1. The molecule has 0 aliphatic rings. The summed E-state index contributed by atoms with van der Waals surface area (Å²) in [5, 5.41) is 0.736. The molecule has 0 atom stereocenters. The molecule has 0 bridgehead atoms. The van der Waals surface area contributed by atoms with Crippen molar-refractivity contribution in [1.29, 1.82) is 0 Å². The first-order valence-corrected chi connectivity index (χ1v) is 10.9. The van der Waals surface area contributed by atoms with Gasteiger partial charge in [-0.1, -0.05) is 23.5 Å². The van der Waals surface area contributed by atoms with E-state index in [1.807, 2.05) is 37.3 Å². The Balaban J connectivity index is 1.80. The van der Waals surface area contributed by atoms with Crippen LogP contribution in [0.15, 0.2) is 51.9 Å². The molecule has 0 spiro atoms. The molecule has 4 aromatic rings. The average molecular weight is 455 g/mol. The van der Waals surface area contributed by atoms with Gasteiger partial charge in [0.1, 0.15) is 12.3 Å². The van der Waals surface area contributed by atoms with E-state index in [2.05, 4.69) is 4.99 Å². The number of ether oxygens (including phenoxy) is 3. The maximum absolute atomic E-state index is 12.9. The number of carbonyl (C=O) groups is 2. The molecular formula is C23H22N2O6S. The summed E-state index contributed by atoms with van der Waals surface area (Å²) in [6.45, 7) is 4.38. The number of furan rings is 1. The van der Waals surface area contributed by atoms with E-state index in [1.54, 1.807) is 23.6 Å². The summed E-state index contributed by atoms with van der Waals surface area (Å²) in [5.74, 6) is 0.344. The number of nitrogens with zero attached hydrogens (tertiary/aromatic N) is 2. The molecule has 0 radical (unpaired) electrons. The normalized spacial score (nSPS) is 11.8. The molecule has 4 rings (SSSR count). The minimum atomic E-state index is -0.558. The van der Waals surface area contributed by atoms with Crippen LogP contribution in [-0.4, -0.2) is 36.8 Å². The number of amides is 1. The zero-order valence-electron chi connectivity index (χ0n) is 17.9. The third-order valence-electron chi connectivity index (χ3n) is 4.69. The number of rotatable bonds is 7. The van der Waals surface area contributed by atoms with Crippen LogP contribution in [0.4, 0.5) is 0 Å². The topological polar surface area (TPSA) is 92.3 Å². The highest BCUT2D eigenvalue weighted by molar-refractivity contribution is 7.16. The van der Waals surface area contributed by atoms with Gasteiger partial charge in [0, 0.05) is 5.39 Å². The second kappa shape index (κ2) is 9.27. The van der Waals surface area contributed by atoms with Gasteiger partial charge in [0.2, 0.25) is 0 Å². The third-order valence-corrected chi connectivity index (χ3v) is 5.73. The van der Waals surface area contributed by atoms with Gasteiger partial charge in [-0.3, -0.25) is 9.59 Å². The number of hydrogen-bond donors (Lipinski definition) is 0. The lowest BCUT2D eigenvalue weighted by molar-refractivity contribution is -0.143. The van der Waals surface area contributed by atoms with Gasteiger partial charge in [0.15, 0.2) is 21.9 Å². The molecule has 8 nitrogen and oxygen atoms in total. The molecule has 2 aromatic carbocycles. The van der Waals surface area contributed by atoms with E-state index < -0.39 is 11.9 Å². The third kappa shape index (κ3) is 4.24. The van der Waals surface area contributed by atoms with Gasteiger partial charge in [0.25, 0.3) is 0 Å². The zero-order valence-corrected chi connectivity index (χ0v) is 18.7. The van der Waals surface area contributed by atoms with E-state index in [4.69, 9.17) is 18.6 Å². The minimum Gasteiger partial charge on any atom is -0.494 e. The van der Waals surface area contributed by atoms with Crippen LogP contribution in [0, 0.1) is 0 Å². The fourth-order valence-electron chi connectivity index (χ4n) is 3.33. The number of carbonyl (C=O) groups excluding carboxylic acids is 2. The van der Waals surface area contributed by atoms with E-state index in [0.717, 1.165) is 15.6 Å². The van der Waals surface area contributed by atoms with E-state index in [1.165, 1.54) is 18.4 Å². The van der Waals surface area contributed by atoms with E-state index in [0.29, 0.717) is 28.5 Å². The van der Waals surface area contributed by atoms with Gasteiger partial charge in [-0.2, -0.15) is 4.99 Å². The molecule has 0 saturated carbocycles. The summed E-state index contributed by atoms with van der Waals surface area (Å²) in [5.41, 5.74) is 1.23. The summed E-state index contributed by atoms with van der Waals surface area (Å²) >= 11 is 1.28. The van der Waals surface area contributed by atoms with Crippen molar-refractivity contribution in [1.82, 2.24) is 4.57 Å². The van der Waals surface area contributed by atoms with Crippen LogP contribution in [-0.2, 0) is 16.1 Å². The number of methoxy groups -OCH3 is 1. The highest BCUT2D eigenvalue weighted by Gasteiger charge is 2.17. The van der Waals surface area contributed by atoms with Gasteiger partial charge in [-0.15, -0.1) is 0 Å². The van der Waals surface area contributed by atoms with Crippen LogP contribution in [0.5, 0.6) is 11.5 Å². The van der Waals surface area contributed by atoms with Crippen molar-refractivity contribution in [3.63, 3.8) is 0 Å². The first-order chi connectivity index (χ1) is 15.5. The van der Waals surface area contributed by atoms with Crippen LogP contribution < -0.4 is 14.3 Å². The molecule has 0 aliphatic carbocycles. The lowest BCUT2D eigenvalue weighted by atomic mass is 10.2. The molecule has 9 heteroatoms. The van der Waals surface area contributed by atoms with Crippen LogP contribution >= 0.6 is 11.3 Å². The monoisotopic (exact) mass is 454 g/mol. The number of benzene rings is 2. The van der Waals surface area contributed by atoms with Gasteiger partial charge >= 0.3 is 11.9 Å². The SMILES string of the molecule is CCOC(=O)Cn1c(=NC(=O)c2cc3cccc(OC)c3o2)sc2cc(OCC)ccc21. The van der Waals surface area contributed by atoms with Crippen molar-refractivity contribution < 1.29 is 28.2 Å². The van der Waals surface area contributed by atoms with Gasteiger partial charge < -0.3 is 23.2 Å². The lowest BCUT2D eigenvalue weighted by Crippen LogP contribution is -2.23. The van der Waals surface area contributed by atoms with Crippen molar-refractivity contribution >= 4 is 44.4 Å². The van der Waals surface area contributed by atoms with Crippen molar-refractivity contribution in [2.75, 3.05) is 20.3 Å². The van der Waals surface area contributed by atoms with Gasteiger partial charge in [-0.25, -0.2) is 0 Å². The summed E-state index contributed by atoms with van der Waals surface area (Å²) in [6.07, 6.45) is 0. The molecular weight excluding hydrogens is 432 g/mol. The number of thiazole rings is 1. The molecule has 0 N–H and O–H groups in total. The molecule has 1 amide bonds. The summed E-state index contributed by atoms with van der Waals surface area (Å²) in [6, 6.07) is 12.5. The summed E-state index contributed by atoms with van der Waals surface area (Å²) in [4.78, 5) is 29.8. The standard InChI is InChI=1S/C23H22N2O6S/c1-4-29-15-9-10-16-19(12-15)32-23(25(16)13-20(26)30-5-2)24-22(27)18-11-14-7-6-8-17(28-3)21(14)31-18/h6-12H,4-5,13H2,1-3H3. The molecule has 2 aromatic heterocycles. The largest absolute Gasteiger partial charge is 0.494 e. The fraction of sp³-hybridized carbons (Fsp3) is 0.261. The van der Waals surface area contributed by atoms with Crippen LogP contribution in [0.25, 0.3) is 21.2 Å². The molecule has 32 heavy (non-hydrogen) atoms. The maximum atomic E-state index is 12.9. The molecule has 166 valence electrons. The van der Waals surface area contributed by atoms with Crippen molar-refractivity contribution in [2.24, 2.45) is 4.99 Å². The Labute approximate surface area is 187 Å². The Kier molecular flexibility index (Phi) is 6.27. The second-order valence-electron chi connectivity index (χ2n) is 6.74. The number of hydrogen-bond acceptors (Lipinski definition) is 7.